The van der Waals surface area contributed by atoms with Crippen molar-refractivity contribution in [2.24, 2.45) is 5.92 Å². The number of nitrogens with one attached hydrogen (secondary N) is 1. The maximum Gasteiger partial charge on any atom is 0.472 e. The molecule has 4 atom stereocenters. The summed E-state index contributed by atoms with van der Waals surface area (Å²) in [6.45, 7) is 6.47. The Morgan fingerprint density at radius 1 is 1.13 bits per heavy atom. The summed E-state index contributed by atoms with van der Waals surface area (Å²) in [5.74, 6) is 0.207. The minimum absolute atomic E-state index is 0.0109. The van der Waals surface area contributed by atoms with Gasteiger partial charge in [-0.15, -0.1) is 0 Å². The summed E-state index contributed by atoms with van der Waals surface area (Å²) >= 11 is 0. The molecule has 1 amide bonds. The van der Waals surface area contributed by atoms with Crippen molar-refractivity contribution < 1.29 is 42.2 Å². The molecule has 1 aliphatic heterocycles. The highest BCUT2D eigenvalue weighted by molar-refractivity contribution is 7.47. The first kappa shape index (κ1) is 36.6. The molecule has 13 nitrogen and oxygen atoms in total. The van der Waals surface area contributed by atoms with Gasteiger partial charge >= 0.3 is 13.9 Å². The molecule has 0 bridgehead atoms. The van der Waals surface area contributed by atoms with Gasteiger partial charge in [-0.1, -0.05) is 56.3 Å². The number of hydrogen-bond acceptors (Lipinski definition) is 9. The van der Waals surface area contributed by atoms with E-state index in [0.717, 1.165) is 11.1 Å². The van der Waals surface area contributed by atoms with Crippen LogP contribution < -0.4 is 5.32 Å². The maximum atomic E-state index is 13.4. The fourth-order valence-corrected chi connectivity index (χ4v) is 5.84. The molecule has 1 aliphatic rings. The van der Waals surface area contributed by atoms with Crippen LogP contribution in [0.15, 0.2) is 54.6 Å². The second-order valence-electron chi connectivity index (χ2n) is 12.8. The molecule has 0 radical (unpaired) electrons. The molecule has 0 saturated carbocycles. The number of quaternary nitrogens is 1. The average molecular weight is 652 g/mol. The summed E-state index contributed by atoms with van der Waals surface area (Å²) in [6.07, 6.45) is -1.20. The number of phosphoric ester groups is 1. The van der Waals surface area contributed by atoms with Gasteiger partial charge in [0.25, 0.3) is 5.69 Å². The first-order valence-corrected chi connectivity index (χ1v) is 16.7. The van der Waals surface area contributed by atoms with Crippen LogP contribution in [0.4, 0.5) is 10.5 Å². The molecule has 1 saturated heterocycles. The Hall–Kier alpha value is -2.90. The summed E-state index contributed by atoms with van der Waals surface area (Å²) in [5, 5.41) is 14.1. The van der Waals surface area contributed by atoms with Crippen LogP contribution in [-0.2, 0) is 36.1 Å². The number of nitrogens with zero attached hydrogens (tertiary/aromatic N) is 3. The SMILES string of the molecule is CC(C)CN(Cc1ccc([N+](=O)[O-])cc1)C[C@@H](OP(=O)(O)OCC[N+](C)(C)C)[C@H](Cc1ccccc1)NC(=O)O[C@H]1CCOC1. The summed E-state index contributed by atoms with van der Waals surface area (Å²) in [4.78, 5) is 36.8. The summed E-state index contributed by atoms with van der Waals surface area (Å²) in [6, 6.07) is 14.9. The zero-order valence-electron chi connectivity index (χ0n) is 26.9. The largest absolute Gasteiger partial charge is 0.472 e. The average Bonchev–Trinajstić information content (AvgIpc) is 3.45. The molecule has 0 spiro atoms. The highest BCUT2D eigenvalue weighted by Crippen LogP contribution is 2.45. The van der Waals surface area contributed by atoms with Gasteiger partial charge in [0.15, 0.2) is 0 Å². The monoisotopic (exact) mass is 651 g/mol. The third-order valence-electron chi connectivity index (χ3n) is 7.11. The van der Waals surface area contributed by atoms with Gasteiger partial charge in [-0.05, 0) is 23.5 Å². The van der Waals surface area contributed by atoms with Crippen molar-refractivity contribution in [3.8, 4) is 0 Å². The number of phosphoric acid groups is 1. The quantitative estimate of drug-likeness (QED) is 0.103. The maximum absolute atomic E-state index is 13.4. The Labute approximate surface area is 265 Å². The van der Waals surface area contributed by atoms with Crippen LogP contribution in [0.2, 0.25) is 0 Å². The van der Waals surface area contributed by atoms with Crippen molar-refractivity contribution in [1.82, 2.24) is 10.2 Å². The van der Waals surface area contributed by atoms with Crippen molar-refractivity contribution in [3.05, 3.63) is 75.8 Å². The zero-order chi connectivity index (χ0) is 33.0. The van der Waals surface area contributed by atoms with Crippen LogP contribution in [0.25, 0.3) is 0 Å². The second-order valence-corrected chi connectivity index (χ2v) is 14.2. The van der Waals surface area contributed by atoms with Gasteiger partial charge in [0, 0.05) is 38.2 Å². The summed E-state index contributed by atoms with van der Waals surface area (Å²) < 4.78 is 36.1. The van der Waals surface area contributed by atoms with E-state index in [1.165, 1.54) is 12.1 Å². The van der Waals surface area contributed by atoms with E-state index in [1.54, 1.807) is 12.1 Å². The van der Waals surface area contributed by atoms with Crippen molar-refractivity contribution in [1.29, 1.82) is 0 Å². The van der Waals surface area contributed by atoms with Gasteiger partial charge in [-0.25, -0.2) is 9.36 Å². The highest BCUT2D eigenvalue weighted by Gasteiger charge is 2.36. The number of likely N-dealkylation sites (N-methyl/N-ethyl adjacent to an activating group) is 1. The van der Waals surface area contributed by atoms with Gasteiger partial charge in [-0.2, -0.15) is 0 Å². The lowest BCUT2D eigenvalue weighted by Gasteiger charge is -2.34. The second kappa shape index (κ2) is 17.1. The third kappa shape index (κ3) is 14.0. The lowest BCUT2D eigenvalue weighted by atomic mass is 10.0. The molecule has 2 N–H and O–H groups in total. The van der Waals surface area contributed by atoms with E-state index >= 15 is 0 Å². The number of benzene rings is 2. The fraction of sp³-hybridized carbons (Fsp3) is 0.581. The van der Waals surface area contributed by atoms with E-state index < -0.39 is 31.0 Å². The van der Waals surface area contributed by atoms with Crippen LogP contribution in [0.1, 0.15) is 31.4 Å². The summed E-state index contributed by atoms with van der Waals surface area (Å²) in [5.41, 5.74) is 1.69. The van der Waals surface area contributed by atoms with E-state index in [9.17, 15) is 24.4 Å². The van der Waals surface area contributed by atoms with Crippen LogP contribution in [0, 0.1) is 16.0 Å². The topological polar surface area (TPSA) is 150 Å². The molecular weight excluding hydrogens is 603 g/mol. The minimum Gasteiger partial charge on any atom is -0.444 e. The highest BCUT2D eigenvalue weighted by atomic mass is 31.2. The van der Waals surface area contributed by atoms with Gasteiger partial charge in [-0.3, -0.25) is 24.1 Å². The minimum atomic E-state index is -4.58. The Bertz CT molecular complexity index is 1250. The number of nitro groups is 1. The number of carbonyl (C=O) groups is 1. The van der Waals surface area contributed by atoms with E-state index in [-0.39, 0.29) is 37.3 Å². The Morgan fingerprint density at radius 3 is 2.40 bits per heavy atom. The van der Waals surface area contributed by atoms with Crippen molar-refractivity contribution in [2.45, 2.75) is 51.5 Å². The Kier molecular flexibility index (Phi) is 13.9. The van der Waals surface area contributed by atoms with Gasteiger partial charge in [0.1, 0.15) is 25.4 Å². The predicted octanol–water partition coefficient (Wildman–Crippen LogP) is 4.39. The molecule has 2 aromatic rings. The number of ether oxygens (including phenoxy) is 2. The number of amides is 1. The smallest absolute Gasteiger partial charge is 0.444 e. The van der Waals surface area contributed by atoms with E-state index in [0.29, 0.717) is 43.8 Å². The van der Waals surface area contributed by atoms with Gasteiger partial charge in [0.05, 0.1) is 45.3 Å². The molecule has 45 heavy (non-hydrogen) atoms. The number of carbonyl (C=O) groups excluding carboxylic acids is 1. The molecule has 3 rings (SSSR count). The molecule has 2 aromatic carbocycles. The molecular formula is C31H48N4O9P+. The molecule has 0 aromatic heterocycles. The fourth-order valence-electron chi connectivity index (χ4n) is 4.91. The van der Waals surface area contributed by atoms with Crippen molar-refractivity contribution >= 4 is 19.6 Å². The van der Waals surface area contributed by atoms with Gasteiger partial charge in [0.2, 0.25) is 0 Å². The molecule has 0 aliphatic carbocycles. The third-order valence-corrected chi connectivity index (χ3v) is 8.16. The first-order chi connectivity index (χ1) is 21.2. The van der Waals surface area contributed by atoms with Crippen molar-refractivity contribution in [2.75, 3.05) is 60.6 Å². The van der Waals surface area contributed by atoms with E-state index in [2.05, 4.69) is 5.32 Å². The molecule has 1 heterocycles. The van der Waals surface area contributed by atoms with Crippen LogP contribution >= 0.6 is 7.82 Å². The lowest BCUT2D eigenvalue weighted by molar-refractivity contribution is -0.870. The summed E-state index contributed by atoms with van der Waals surface area (Å²) in [7, 11) is 1.25. The zero-order valence-corrected chi connectivity index (χ0v) is 27.8. The molecule has 1 fully saturated rings. The lowest BCUT2D eigenvalue weighted by Crippen LogP contribution is -2.51. The molecule has 1 unspecified atom stereocenters. The molecule has 14 heteroatoms. The van der Waals surface area contributed by atoms with Crippen LogP contribution in [0.3, 0.4) is 0 Å². The number of nitro benzene ring substituents is 1. The predicted molar refractivity (Wildman–Crippen MR) is 170 cm³/mol. The number of rotatable bonds is 18. The van der Waals surface area contributed by atoms with E-state index in [1.807, 2.05) is 70.2 Å². The first-order valence-electron chi connectivity index (χ1n) is 15.2. The number of non-ortho nitro benzene ring substituents is 1. The van der Waals surface area contributed by atoms with Crippen LogP contribution in [-0.4, -0.2) is 104 Å². The Balaban J connectivity index is 1.91. The van der Waals surface area contributed by atoms with Crippen LogP contribution in [0.5, 0.6) is 0 Å². The Morgan fingerprint density at radius 2 is 1.82 bits per heavy atom. The normalized spacial score (nSPS) is 18.0. The van der Waals surface area contributed by atoms with Crippen molar-refractivity contribution in [3.63, 3.8) is 0 Å². The van der Waals surface area contributed by atoms with Gasteiger partial charge < -0.3 is 24.2 Å². The number of hydrogen-bond donors (Lipinski definition) is 2. The van der Waals surface area contributed by atoms with E-state index in [4.69, 9.17) is 18.5 Å². The standard InChI is InChI=1S/C31H47N4O9P/c1-24(2)20-33(21-26-11-13-27(14-12-26)34(37)38)22-30(44-45(39,40)42-18-16-35(3,4)5)29(19-25-9-7-6-8-10-25)32-31(36)43-28-15-17-41-23-28/h6-14,24,28-30H,15-23H2,1-5H3,(H-,32,36,39,40)/p+1/t28-,29-,30+/m0/s1. The molecule has 250 valence electrons. The number of alkyl carbamates (subject to hydrolysis) is 1.